The standard InChI is InChI=1S/C23H27N2SSi/c1-24(2)16-9-11-18-21(14-16)27(5,6)22-15-17(25(3)4)10-12-19(22)23(18)20-8-7-13-26-20/h7-15H,1-6H3/q+1. The van der Waals surface area contributed by atoms with Gasteiger partial charge in [0.1, 0.15) is 22.2 Å². The average Bonchev–Trinajstić information content (AvgIpc) is 3.15. The zero-order chi connectivity index (χ0) is 19.3. The molecular formula is C23H27N2SSi+. The van der Waals surface area contributed by atoms with Gasteiger partial charge in [-0.3, -0.25) is 0 Å². The van der Waals surface area contributed by atoms with E-state index in [1.807, 2.05) is 11.3 Å². The van der Waals surface area contributed by atoms with Crippen molar-refractivity contribution in [2.45, 2.75) is 13.1 Å². The predicted octanol–water partition coefficient (Wildman–Crippen LogP) is 4.29. The van der Waals surface area contributed by atoms with E-state index in [0.29, 0.717) is 0 Å². The van der Waals surface area contributed by atoms with Crippen LogP contribution in [0, 0.1) is 0 Å². The van der Waals surface area contributed by atoms with E-state index in [-0.39, 0.29) is 0 Å². The average molecular weight is 392 g/mol. The highest BCUT2D eigenvalue weighted by molar-refractivity contribution is 7.11. The maximum atomic E-state index is 2.49. The highest BCUT2D eigenvalue weighted by Crippen LogP contribution is 2.42. The number of allylic oxidation sites excluding steroid dienone is 5. The summed E-state index contributed by atoms with van der Waals surface area (Å²) < 4.78 is 2.21. The molecule has 2 aliphatic rings. The van der Waals surface area contributed by atoms with Crippen LogP contribution in [-0.2, 0) is 0 Å². The monoisotopic (exact) mass is 391 g/mol. The van der Waals surface area contributed by atoms with Crippen molar-refractivity contribution in [1.29, 1.82) is 0 Å². The van der Waals surface area contributed by atoms with Gasteiger partial charge in [-0.1, -0.05) is 25.2 Å². The van der Waals surface area contributed by atoms with Gasteiger partial charge in [0.05, 0.1) is 0 Å². The number of thiophene rings is 1. The fraction of sp³-hybridized carbons (Fsp3) is 0.261. The Bertz CT molecular complexity index is 1030. The van der Waals surface area contributed by atoms with Gasteiger partial charge in [0.2, 0.25) is 0 Å². The normalized spacial score (nSPS) is 17.4. The summed E-state index contributed by atoms with van der Waals surface area (Å²) in [6, 6.07) is 11.5. The Morgan fingerprint density at radius 1 is 1.04 bits per heavy atom. The van der Waals surface area contributed by atoms with Gasteiger partial charge in [0.15, 0.2) is 5.71 Å². The molecule has 0 atom stereocenters. The van der Waals surface area contributed by atoms with E-state index in [1.165, 1.54) is 33.0 Å². The minimum Gasteiger partial charge on any atom is -0.378 e. The number of nitrogens with zero attached hydrogens (tertiary/aromatic N) is 2. The number of rotatable bonds is 2. The van der Waals surface area contributed by atoms with Gasteiger partial charge in [-0.25, -0.2) is 4.58 Å². The molecule has 2 heterocycles. The zero-order valence-corrected chi connectivity index (χ0v) is 18.8. The van der Waals surface area contributed by atoms with Crippen LogP contribution in [0.1, 0.15) is 10.4 Å². The lowest BCUT2D eigenvalue weighted by molar-refractivity contribution is -0.462. The first-order valence-electron chi connectivity index (χ1n) is 9.36. The molecule has 0 bridgehead atoms. The third kappa shape index (κ3) is 2.88. The van der Waals surface area contributed by atoms with Crippen LogP contribution in [0.25, 0.3) is 5.57 Å². The van der Waals surface area contributed by atoms with Gasteiger partial charge >= 0.3 is 0 Å². The van der Waals surface area contributed by atoms with Crippen molar-refractivity contribution in [1.82, 2.24) is 0 Å². The largest absolute Gasteiger partial charge is 0.378 e. The predicted molar refractivity (Wildman–Crippen MR) is 123 cm³/mol. The quantitative estimate of drug-likeness (QED) is 0.547. The molecule has 138 valence electrons. The van der Waals surface area contributed by atoms with Crippen LogP contribution in [0.5, 0.6) is 0 Å². The van der Waals surface area contributed by atoms with Crippen LogP contribution in [0.15, 0.2) is 64.7 Å². The molecule has 2 aromatic rings. The van der Waals surface area contributed by atoms with Crippen LogP contribution in [0.2, 0.25) is 13.1 Å². The van der Waals surface area contributed by atoms with Crippen LogP contribution >= 0.6 is 11.3 Å². The summed E-state index contributed by atoms with van der Waals surface area (Å²) in [5.74, 6) is 0. The van der Waals surface area contributed by atoms with Crippen LogP contribution in [-0.4, -0.2) is 46.6 Å². The second-order valence-electron chi connectivity index (χ2n) is 8.23. The summed E-state index contributed by atoms with van der Waals surface area (Å²) in [5.41, 5.74) is 6.81. The lowest BCUT2D eigenvalue weighted by Crippen LogP contribution is -2.49. The molecule has 4 rings (SSSR count). The van der Waals surface area contributed by atoms with Crippen molar-refractivity contribution in [3.8, 4) is 0 Å². The molecule has 0 unspecified atom stereocenters. The zero-order valence-electron chi connectivity index (χ0n) is 17.0. The molecule has 4 heteroatoms. The molecule has 0 radical (unpaired) electrons. The van der Waals surface area contributed by atoms with Crippen LogP contribution in [0.3, 0.4) is 0 Å². The van der Waals surface area contributed by atoms with Gasteiger partial charge in [0, 0.05) is 42.4 Å². The van der Waals surface area contributed by atoms with Crippen molar-refractivity contribution in [3.63, 3.8) is 0 Å². The minimum absolute atomic E-state index is 1.28. The van der Waals surface area contributed by atoms with Gasteiger partial charge in [-0.15, -0.1) is 11.3 Å². The van der Waals surface area contributed by atoms with E-state index < -0.39 is 8.07 Å². The number of benzene rings is 1. The molecule has 2 nitrogen and oxygen atoms in total. The summed E-state index contributed by atoms with van der Waals surface area (Å²) in [5, 5.41) is 5.27. The molecule has 1 aliphatic carbocycles. The Hall–Kier alpha value is -2.17. The van der Waals surface area contributed by atoms with Crippen molar-refractivity contribution in [2.24, 2.45) is 0 Å². The Balaban J connectivity index is 2.08. The maximum Gasteiger partial charge on any atom is 0.199 e. The fourth-order valence-corrected chi connectivity index (χ4v) is 7.94. The molecule has 27 heavy (non-hydrogen) atoms. The SMILES string of the molecule is CN(C)c1ccc2c(c1)[Si](C)(C)C1=CC(=[N+](C)C)C=CC1=C2c1cccs1. The van der Waals surface area contributed by atoms with E-state index in [2.05, 4.69) is 105 Å². The Kier molecular flexibility index (Phi) is 4.36. The third-order valence-corrected chi connectivity index (χ3v) is 10.1. The third-order valence-electron chi connectivity index (χ3n) is 5.69. The molecule has 0 amide bonds. The Labute approximate surface area is 167 Å². The summed E-state index contributed by atoms with van der Waals surface area (Å²) in [6.07, 6.45) is 7.04. The van der Waals surface area contributed by atoms with Gasteiger partial charge < -0.3 is 4.90 Å². The molecule has 1 aromatic carbocycles. The van der Waals surface area contributed by atoms with Gasteiger partial charge in [-0.05, 0) is 51.2 Å². The van der Waals surface area contributed by atoms with Crippen molar-refractivity contribution in [2.75, 3.05) is 33.1 Å². The summed E-state index contributed by atoms with van der Waals surface area (Å²) in [4.78, 5) is 3.57. The van der Waals surface area contributed by atoms with Crippen molar-refractivity contribution >= 4 is 41.6 Å². The summed E-state index contributed by atoms with van der Waals surface area (Å²) >= 11 is 1.84. The number of hydrogen-bond donors (Lipinski definition) is 0. The Morgan fingerprint density at radius 3 is 2.44 bits per heavy atom. The Morgan fingerprint density at radius 2 is 1.81 bits per heavy atom. The molecule has 0 spiro atoms. The second-order valence-corrected chi connectivity index (χ2v) is 13.5. The summed E-state index contributed by atoms with van der Waals surface area (Å²) in [6.45, 7) is 4.99. The van der Waals surface area contributed by atoms with E-state index >= 15 is 0 Å². The topological polar surface area (TPSA) is 6.25 Å². The number of fused-ring (bicyclic) bond motifs is 2. The first-order valence-corrected chi connectivity index (χ1v) is 13.2. The minimum atomic E-state index is -1.81. The molecule has 1 aliphatic heterocycles. The van der Waals surface area contributed by atoms with E-state index in [0.717, 1.165) is 0 Å². The van der Waals surface area contributed by atoms with Crippen molar-refractivity contribution in [3.05, 3.63) is 75.2 Å². The molecule has 0 saturated carbocycles. The molecule has 0 N–H and O–H groups in total. The highest BCUT2D eigenvalue weighted by atomic mass is 32.1. The van der Waals surface area contributed by atoms with Gasteiger partial charge in [0.25, 0.3) is 0 Å². The lowest BCUT2D eigenvalue weighted by atomic mass is 9.93. The molecular weight excluding hydrogens is 364 g/mol. The van der Waals surface area contributed by atoms with Crippen LogP contribution < -0.4 is 10.1 Å². The van der Waals surface area contributed by atoms with E-state index in [1.54, 1.807) is 10.4 Å². The van der Waals surface area contributed by atoms with Gasteiger partial charge in [-0.2, -0.15) is 0 Å². The maximum absolute atomic E-state index is 2.49. The first kappa shape index (κ1) is 18.2. The van der Waals surface area contributed by atoms with E-state index in [9.17, 15) is 0 Å². The van der Waals surface area contributed by atoms with E-state index in [4.69, 9.17) is 0 Å². The first-order chi connectivity index (χ1) is 12.8. The number of anilines is 1. The smallest absolute Gasteiger partial charge is 0.199 e. The highest BCUT2D eigenvalue weighted by Gasteiger charge is 2.40. The van der Waals surface area contributed by atoms with Crippen LogP contribution in [0.4, 0.5) is 5.69 Å². The fourth-order valence-electron chi connectivity index (χ4n) is 4.07. The lowest BCUT2D eigenvalue weighted by Gasteiger charge is -2.37. The summed E-state index contributed by atoms with van der Waals surface area (Å²) in [7, 11) is 6.69. The van der Waals surface area contributed by atoms with Crippen molar-refractivity contribution < 1.29 is 4.58 Å². The number of hydrogen-bond acceptors (Lipinski definition) is 2. The molecule has 0 fully saturated rings. The second kappa shape index (κ2) is 6.46. The molecule has 1 aromatic heterocycles. The molecule has 0 saturated heterocycles.